The van der Waals surface area contributed by atoms with Gasteiger partial charge in [-0.15, -0.1) is 0 Å². The maximum Gasteiger partial charge on any atom is 0.264 e. The van der Waals surface area contributed by atoms with Crippen molar-refractivity contribution in [2.24, 2.45) is 4.99 Å². The van der Waals surface area contributed by atoms with E-state index in [9.17, 15) is 9.90 Å². The number of nitrogens with one attached hydrogen (secondary N) is 1. The zero-order valence-corrected chi connectivity index (χ0v) is 22.0. The van der Waals surface area contributed by atoms with Crippen molar-refractivity contribution in [1.82, 2.24) is 9.97 Å². The molecule has 9 heteroatoms. The molecule has 0 amide bonds. The van der Waals surface area contributed by atoms with Crippen LogP contribution in [0.2, 0.25) is 0 Å². The first-order valence-corrected chi connectivity index (χ1v) is 12.3. The predicted octanol–water partition coefficient (Wildman–Crippen LogP) is 5.40. The summed E-state index contributed by atoms with van der Waals surface area (Å²) < 4.78 is 22.8. The van der Waals surface area contributed by atoms with Gasteiger partial charge in [0.2, 0.25) is 11.8 Å². The van der Waals surface area contributed by atoms with Gasteiger partial charge in [0.15, 0.2) is 5.58 Å². The molecule has 0 spiro atoms. The van der Waals surface area contributed by atoms with E-state index in [-0.39, 0.29) is 29.4 Å². The third kappa shape index (κ3) is 5.27. The summed E-state index contributed by atoms with van der Waals surface area (Å²) in [6, 6.07) is 12.7. The van der Waals surface area contributed by atoms with Crippen molar-refractivity contribution in [3.63, 3.8) is 0 Å². The van der Waals surface area contributed by atoms with Crippen LogP contribution in [0.5, 0.6) is 17.2 Å². The molecular formula is C29H31N3O6. The van der Waals surface area contributed by atoms with Gasteiger partial charge in [-0.25, -0.2) is 4.98 Å². The second-order valence-corrected chi connectivity index (χ2v) is 8.59. The average molecular weight is 518 g/mol. The second-order valence-electron chi connectivity index (χ2n) is 8.59. The Balaban J connectivity index is 1.77. The van der Waals surface area contributed by atoms with E-state index in [1.54, 1.807) is 18.2 Å². The summed E-state index contributed by atoms with van der Waals surface area (Å²) >= 11 is 0. The lowest BCUT2D eigenvalue weighted by molar-refractivity contribution is 0.384. The molecule has 4 aromatic rings. The SMILES string of the molecule is C=C(Cc1nc2ccccc2o1)OC(=NC)c1c(O)c(-c2c(OC)cccc2OC)c(CCCC)[nH]c1=O. The fraction of sp³-hybridized carbons (Fsp3) is 0.276. The van der Waals surface area contributed by atoms with Crippen LogP contribution in [-0.2, 0) is 17.6 Å². The number of hydrogen-bond donors (Lipinski definition) is 2. The molecule has 0 saturated carbocycles. The highest BCUT2D eigenvalue weighted by Gasteiger charge is 2.27. The molecule has 0 aliphatic heterocycles. The highest BCUT2D eigenvalue weighted by atomic mass is 16.5. The number of allylic oxidation sites excluding steroid dienone is 1. The number of para-hydroxylation sites is 2. The smallest absolute Gasteiger partial charge is 0.264 e. The number of aryl methyl sites for hydroxylation is 1. The van der Waals surface area contributed by atoms with E-state index in [4.69, 9.17) is 18.6 Å². The number of benzene rings is 2. The van der Waals surface area contributed by atoms with Crippen LogP contribution in [0.3, 0.4) is 0 Å². The molecule has 0 unspecified atom stereocenters. The largest absolute Gasteiger partial charge is 0.506 e. The number of ether oxygens (including phenoxy) is 3. The number of unbranched alkanes of at least 4 members (excludes halogenated alkanes) is 1. The Labute approximate surface area is 220 Å². The van der Waals surface area contributed by atoms with Gasteiger partial charge in [0, 0.05) is 12.7 Å². The lowest BCUT2D eigenvalue weighted by Crippen LogP contribution is -2.23. The molecule has 2 aromatic heterocycles. The first-order chi connectivity index (χ1) is 18.4. The van der Waals surface area contributed by atoms with E-state index in [1.807, 2.05) is 31.2 Å². The van der Waals surface area contributed by atoms with Gasteiger partial charge in [-0.1, -0.05) is 38.1 Å². The summed E-state index contributed by atoms with van der Waals surface area (Å²) in [4.78, 5) is 24.8. The Morgan fingerprint density at radius 3 is 2.45 bits per heavy atom. The van der Waals surface area contributed by atoms with Gasteiger partial charge in [0.1, 0.15) is 34.1 Å². The number of aromatic nitrogens is 2. The van der Waals surface area contributed by atoms with Crippen molar-refractivity contribution < 1.29 is 23.7 Å². The fourth-order valence-electron chi connectivity index (χ4n) is 4.29. The third-order valence-electron chi connectivity index (χ3n) is 6.07. The molecule has 2 aromatic carbocycles. The normalized spacial score (nSPS) is 11.5. The van der Waals surface area contributed by atoms with Gasteiger partial charge in [-0.05, 0) is 37.1 Å². The van der Waals surface area contributed by atoms with Crippen molar-refractivity contribution in [2.75, 3.05) is 21.3 Å². The van der Waals surface area contributed by atoms with Crippen LogP contribution in [0.15, 0.2) is 69.0 Å². The Kier molecular flexibility index (Phi) is 8.15. The molecule has 2 heterocycles. The van der Waals surface area contributed by atoms with Crippen LogP contribution in [-0.4, -0.2) is 42.2 Å². The summed E-state index contributed by atoms with van der Waals surface area (Å²) in [6.07, 6.45) is 2.37. The monoisotopic (exact) mass is 517 g/mol. The summed E-state index contributed by atoms with van der Waals surface area (Å²) in [5.41, 5.74) is 2.15. The minimum atomic E-state index is -0.540. The number of aliphatic imine (C=N–C) groups is 1. The molecule has 0 radical (unpaired) electrons. The minimum absolute atomic E-state index is 0.0954. The van der Waals surface area contributed by atoms with E-state index >= 15 is 0 Å². The Morgan fingerprint density at radius 1 is 1.11 bits per heavy atom. The van der Waals surface area contributed by atoms with Gasteiger partial charge >= 0.3 is 0 Å². The minimum Gasteiger partial charge on any atom is -0.506 e. The number of oxazole rings is 1. The number of pyridine rings is 1. The highest BCUT2D eigenvalue weighted by molar-refractivity contribution is 6.00. The van der Waals surface area contributed by atoms with Crippen LogP contribution in [0, 0.1) is 0 Å². The van der Waals surface area contributed by atoms with E-state index in [1.165, 1.54) is 21.3 Å². The molecule has 0 bridgehead atoms. The Hall–Kier alpha value is -4.53. The van der Waals surface area contributed by atoms with Gasteiger partial charge in [0.25, 0.3) is 5.56 Å². The van der Waals surface area contributed by atoms with Gasteiger partial charge in [0.05, 0.1) is 31.8 Å². The van der Waals surface area contributed by atoms with Gasteiger partial charge in [-0.2, -0.15) is 0 Å². The van der Waals surface area contributed by atoms with Gasteiger partial charge in [-0.3, -0.25) is 9.79 Å². The summed E-state index contributed by atoms with van der Waals surface area (Å²) in [5.74, 6) is 1.21. The number of methoxy groups -OCH3 is 2. The first kappa shape index (κ1) is 26.5. The zero-order chi connectivity index (χ0) is 27.2. The van der Waals surface area contributed by atoms with Crippen LogP contribution in [0.1, 0.15) is 36.9 Å². The van der Waals surface area contributed by atoms with Crippen LogP contribution < -0.4 is 15.0 Å². The van der Waals surface area contributed by atoms with Crippen LogP contribution in [0.4, 0.5) is 0 Å². The predicted molar refractivity (Wildman–Crippen MR) is 146 cm³/mol. The molecule has 2 N–H and O–H groups in total. The molecule has 0 atom stereocenters. The summed E-state index contributed by atoms with van der Waals surface area (Å²) in [5, 5.41) is 11.6. The van der Waals surface area contributed by atoms with Crippen molar-refractivity contribution in [1.29, 1.82) is 0 Å². The van der Waals surface area contributed by atoms with Crippen LogP contribution in [0.25, 0.3) is 22.2 Å². The van der Waals surface area contributed by atoms with Gasteiger partial charge < -0.3 is 28.7 Å². The van der Waals surface area contributed by atoms with E-state index in [2.05, 4.69) is 21.5 Å². The topological polar surface area (TPSA) is 119 Å². The molecule has 0 fully saturated rings. The fourth-order valence-corrected chi connectivity index (χ4v) is 4.29. The molecule has 9 nitrogen and oxygen atoms in total. The second kappa shape index (κ2) is 11.7. The average Bonchev–Trinajstić information content (AvgIpc) is 3.32. The molecule has 198 valence electrons. The number of hydrogen-bond acceptors (Lipinski definition) is 8. The number of fused-ring (bicyclic) bond motifs is 1. The van der Waals surface area contributed by atoms with Crippen molar-refractivity contribution in [3.8, 4) is 28.4 Å². The maximum absolute atomic E-state index is 13.3. The molecule has 0 aliphatic carbocycles. The van der Waals surface area contributed by atoms with E-state index in [0.717, 1.165) is 12.8 Å². The lowest BCUT2D eigenvalue weighted by Gasteiger charge is -2.19. The number of nitrogens with zero attached hydrogens (tertiary/aromatic N) is 2. The number of H-pyrrole nitrogens is 1. The Morgan fingerprint density at radius 2 is 1.82 bits per heavy atom. The maximum atomic E-state index is 13.3. The number of rotatable bonds is 10. The van der Waals surface area contributed by atoms with E-state index < -0.39 is 5.56 Å². The summed E-state index contributed by atoms with van der Waals surface area (Å²) in [7, 11) is 4.53. The van der Waals surface area contributed by atoms with Crippen LogP contribution >= 0.6 is 0 Å². The quantitative estimate of drug-likeness (QED) is 0.164. The lowest BCUT2D eigenvalue weighted by atomic mass is 9.95. The molecule has 0 aliphatic rings. The highest BCUT2D eigenvalue weighted by Crippen LogP contribution is 2.44. The van der Waals surface area contributed by atoms with Crippen molar-refractivity contribution >= 4 is 17.0 Å². The number of aromatic amines is 1. The summed E-state index contributed by atoms with van der Waals surface area (Å²) in [6.45, 7) is 6.00. The molecule has 0 saturated heterocycles. The first-order valence-electron chi connectivity index (χ1n) is 12.3. The van der Waals surface area contributed by atoms with E-state index in [0.29, 0.717) is 51.7 Å². The van der Waals surface area contributed by atoms with Crippen molar-refractivity contribution in [3.05, 3.63) is 82.3 Å². The molecular weight excluding hydrogens is 486 g/mol. The standard InChI is InChI=1S/C29H31N3O6/c1-6-7-11-19-24(25-21(35-4)14-10-15-22(25)36-5)27(33)26(28(34)32-19)29(30-3)37-17(2)16-23-31-18-12-8-9-13-20(18)38-23/h8-10,12-15H,2,6-7,11,16H2,1,3-5H3,(H2,32,33,34). The number of aromatic hydroxyl groups is 1. The molecule has 4 rings (SSSR count). The molecule has 38 heavy (non-hydrogen) atoms. The Bertz CT molecular complexity index is 1490. The third-order valence-corrected chi connectivity index (χ3v) is 6.07. The zero-order valence-electron chi connectivity index (χ0n) is 22.0. The van der Waals surface area contributed by atoms with Crippen molar-refractivity contribution in [2.45, 2.75) is 32.6 Å².